The van der Waals surface area contributed by atoms with E-state index in [1.54, 1.807) is 7.11 Å². The van der Waals surface area contributed by atoms with Gasteiger partial charge in [0.05, 0.1) is 24.1 Å². The normalized spacial score (nSPS) is 18.2. The van der Waals surface area contributed by atoms with Gasteiger partial charge in [-0.2, -0.15) is 18.3 Å². The number of hydrogen-bond acceptors (Lipinski definition) is 5. The maximum atomic E-state index is 12.6. The highest BCUT2D eigenvalue weighted by molar-refractivity contribution is 5.59. The Morgan fingerprint density at radius 1 is 1.25 bits per heavy atom. The molecule has 5 nitrogen and oxygen atoms in total. The third-order valence-corrected chi connectivity index (χ3v) is 4.03. The molecule has 1 atom stereocenters. The summed E-state index contributed by atoms with van der Waals surface area (Å²) in [6.45, 7) is 2.28. The minimum absolute atomic E-state index is 0.424. The average Bonchev–Trinajstić information content (AvgIpc) is 3.03. The van der Waals surface area contributed by atoms with E-state index in [0.717, 1.165) is 31.6 Å². The number of ether oxygens (including phenoxy) is 1. The highest BCUT2D eigenvalue weighted by Gasteiger charge is 2.30. The number of methoxy groups -OCH3 is 1. The van der Waals surface area contributed by atoms with Crippen molar-refractivity contribution in [1.29, 1.82) is 0 Å². The fourth-order valence-corrected chi connectivity index (χ4v) is 2.78. The maximum absolute atomic E-state index is 12.6. The van der Waals surface area contributed by atoms with Gasteiger partial charge in [0.25, 0.3) is 0 Å². The lowest BCUT2D eigenvalue weighted by atomic mass is 10.1. The van der Waals surface area contributed by atoms with Gasteiger partial charge in [-0.25, -0.2) is 4.98 Å². The van der Waals surface area contributed by atoms with Crippen LogP contribution in [-0.4, -0.2) is 42.0 Å². The van der Waals surface area contributed by atoms with E-state index in [1.165, 1.54) is 18.3 Å². The lowest BCUT2D eigenvalue weighted by Crippen LogP contribution is -2.23. The van der Waals surface area contributed by atoms with Gasteiger partial charge in [-0.05, 0) is 18.6 Å². The first-order valence-corrected chi connectivity index (χ1v) is 7.58. The van der Waals surface area contributed by atoms with Gasteiger partial charge in [0.1, 0.15) is 0 Å². The zero-order valence-electron chi connectivity index (χ0n) is 13.1. The van der Waals surface area contributed by atoms with E-state index in [0.29, 0.717) is 29.7 Å². The van der Waals surface area contributed by atoms with E-state index >= 15 is 0 Å². The first kappa shape index (κ1) is 16.6. The largest absolute Gasteiger partial charge is 0.416 e. The van der Waals surface area contributed by atoms with Crippen LogP contribution in [0.1, 0.15) is 12.0 Å². The zero-order chi connectivity index (χ0) is 17.2. The van der Waals surface area contributed by atoms with Gasteiger partial charge in [-0.1, -0.05) is 12.1 Å². The molecular formula is C16H17F3N4O. The molecule has 0 spiro atoms. The molecule has 1 aromatic carbocycles. The summed E-state index contributed by atoms with van der Waals surface area (Å²) < 4.78 is 43.1. The lowest BCUT2D eigenvalue weighted by molar-refractivity contribution is -0.137. The molecule has 0 aliphatic carbocycles. The number of alkyl halides is 3. The summed E-state index contributed by atoms with van der Waals surface area (Å²) in [5, 5.41) is 7.98. The van der Waals surface area contributed by atoms with Crippen LogP contribution in [0.3, 0.4) is 0 Å². The van der Waals surface area contributed by atoms with Crippen molar-refractivity contribution in [3.8, 4) is 11.3 Å². The number of rotatable bonds is 4. The summed E-state index contributed by atoms with van der Waals surface area (Å²) in [6, 6.07) is 4.88. The quantitative estimate of drug-likeness (QED) is 0.858. The van der Waals surface area contributed by atoms with E-state index in [9.17, 15) is 13.2 Å². The molecule has 0 amide bonds. The van der Waals surface area contributed by atoms with Crippen LogP contribution in [0.4, 0.5) is 19.1 Å². The van der Waals surface area contributed by atoms with Gasteiger partial charge >= 0.3 is 6.18 Å². The Balaban J connectivity index is 1.78. The Morgan fingerprint density at radius 3 is 2.67 bits per heavy atom. The van der Waals surface area contributed by atoms with Crippen LogP contribution in [0.25, 0.3) is 11.3 Å². The Labute approximate surface area is 137 Å². The van der Waals surface area contributed by atoms with Crippen LogP contribution in [0, 0.1) is 5.92 Å². The lowest BCUT2D eigenvalue weighted by Gasteiger charge is -2.16. The van der Waals surface area contributed by atoms with Crippen molar-refractivity contribution in [2.24, 2.45) is 5.92 Å². The second kappa shape index (κ2) is 6.72. The van der Waals surface area contributed by atoms with Gasteiger partial charge in [-0.15, -0.1) is 5.10 Å². The van der Waals surface area contributed by atoms with Crippen molar-refractivity contribution < 1.29 is 17.9 Å². The van der Waals surface area contributed by atoms with Gasteiger partial charge in [0.15, 0.2) is 0 Å². The maximum Gasteiger partial charge on any atom is 0.416 e. The van der Waals surface area contributed by atoms with E-state index in [1.807, 2.05) is 4.90 Å². The monoisotopic (exact) mass is 338 g/mol. The van der Waals surface area contributed by atoms with Crippen molar-refractivity contribution in [3.63, 3.8) is 0 Å². The number of hydrogen-bond donors (Lipinski definition) is 0. The molecule has 0 radical (unpaired) electrons. The molecule has 0 N–H and O–H groups in total. The standard InChI is InChI=1S/C16H17F3N4O/c1-24-10-11-6-7-23(9-11)15-21-14(8-20-22-15)12-2-4-13(5-3-12)16(17,18)19/h2-5,8,11H,6-7,9-10H2,1H3. The van der Waals surface area contributed by atoms with Crippen molar-refractivity contribution in [3.05, 3.63) is 36.0 Å². The molecule has 24 heavy (non-hydrogen) atoms. The molecule has 2 aromatic rings. The molecule has 0 bridgehead atoms. The summed E-state index contributed by atoms with van der Waals surface area (Å²) in [5.74, 6) is 0.916. The summed E-state index contributed by atoms with van der Waals surface area (Å²) in [6.07, 6.45) is -1.91. The van der Waals surface area contributed by atoms with E-state index in [2.05, 4.69) is 15.2 Å². The van der Waals surface area contributed by atoms with E-state index in [-0.39, 0.29) is 0 Å². The molecule has 1 saturated heterocycles. The molecule has 8 heteroatoms. The average molecular weight is 338 g/mol. The third-order valence-electron chi connectivity index (χ3n) is 4.03. The second-order valence-electron chi connectivity index (χ2n) is 5.77. The smallest absolute Gasteiger partial charge is 0.384 e. The predicted molar refractivity (Wildman–Crippen MR) is 82.5 cm³/mol. The summed E-state index contributed by atoms with van der Waals surface area (Å²) >= 11 is 0. The number of halogens is 3. The molecule has 1 aliphatic rings. The molecule has 1 aromatic heterocycles. The Bertz CT molecular complexity index is 690. The minimum atomic E-state index is -4.35. The highest BCUT2D eigenvalue weighted by atomic mass is 19.4. The Kier molecular flexibility index (Phi) is 4.66. The van der Waals surface area contributed by atoms with E-state index < -0.39 is 11.7 Å². The van der Waals surface area contributed by atoms with Gasteiger partial charge in [-0.3, -0.25) is 0 Å². The molecule has 1 fully saturated rings. The first-order chi connectivity index (χ1) is 11.5. The summed E-state index contributed by atoms with van der Waals surface area (Å²) in [4.78, 5) is 6.46. The van der Waals surface area contributed by atoms with Crippen molar-refractivity contribution in [2.75, 3.05) is 31.7 Å². The topological polar surface area (TPSA) is 51.1 Å². The molecule has 1 unspecified atom stereocenters. The molecule has 1 aliphatic heterocycles. The molecule has 128 valence electrons. The van der Waals surface area contributed by atoms with Crippen LogP contribution in [0.15, 0.2) is 30.5 Å². The van der Waals surface area contributed by atoms with Crippen LogP contribution in [0.2, 0.25) is 0 Å². The Morgan fingerprint density at radius 2 is 2.00 bits per heavy atom. The van der Waals surface area contributed by atoms with Gasteiger partial charge in [0.2, 0.25) is 5.95 Å². The van der Waals surface area contributed by atoms with Crippen molar-refractivity contribution in [1.82, 2.24) is 15.2 Å². The molecule has 0 saturated carbocycles. The van der Waals surface area contributed by atoms with Crippen LogP contribution < -0.4 is 4.90 Å². The number of nitrogens with zero attached hydrogens (tertiary/aromatic N) is 4. The number of benzene rings is 1. The van der Waals surface area contributed by atoms with Crippen molar-refractivity contribution >= 4 is 5.95 Å². The Hall–Kier alpha value is -2.22. The second-order valence-corrected chi connectivity index (χ2v) is 5.77. The zero-order valence-corrected chi connectivity index (χ0v) is 13.1. The van der Waals surface area contributed by atoms with Crippen LogP contribution in [0.5, 0.6) is 0 Å². The minimum Gasteiger partial charge on any atom is -0.384 e. The SMILES string of the molecule is COCC1CCN(c2nncc(-c3ccc(C(F)(F)F)cc3)n2)C1. The number of aromatic nitrogens is 3. The first-order valence-electron chi connectivity index (χ1n) is 7.58. The highest BCUT2D eigenvalue weighted by Crippen LogP contribution is 2.31. The summed E-state index contributed by atoms with van der Waals surface area (Å²) in [7, 11) is 1.67. The molecular weight excluding hydrogens is 321 g/mol. The van der Waals surface area contributed by atoms with E-state index in [4.69, 9.17) is 4.74 Å². The molecule has 3 rings (SSSR count). The van der Waals surface area contributed by atoms with Crippen LogP contribution in [-0.2, 0) is 10.9 Å². The van der Waals surface area contributed by atoms with Crippen LogP contribution >= 0.6 is 0 Å². The number of anilines is 1. The molecule has 2 heterocycles. The summed E-state index contributed by atoms with van der Waals surface area (Å²) in [5.41, 5.74) is 0.395. The fraction of sp³-hybridized carbons (Fsp3) is 0.438. The van der Waals surface area contributed by atoms with Gasteiger partial charge in [0, 0.05) is 31.7 Å². The predicted octanol–water partition coefficient (Wildman–Crippen LogP) is 3.03. The fourth-order valence-electron chi connectivity index (χ4n) is 2.78. The van der Waals surface area contributed by atoms with Crippen molar-refractivity contribution in [2.45, 2.75) is 12.6 Å². The van der Waals surface area contributed by atoms with Gasteiger partial charge < -0.3 is 9.64 Å². The third kappa shape index (κ3) is 3.64.